The summed E-state index contributed by atoms with van der Waals surface area (Å²) in [6.07, 6.45) is 0. The van der Waals surface area contributed by atoms with Gasteiger partial charge in [-0.25, -0.2) is 0 Å². The Kier molecular flexibility index (Phi) is 5.97. The van der Waals surface area contributed by atoms with Crippen LogP contribution in [0.5, 0.6) is 0 Å². The van der Waals surface area contributed by atoms with E-state index in [9.17, 15) is 0 Å². The van der Waals surface area contributed by atoms with E-state index in [1.165, 1.54) is 0 Å². The number of hydrogen-bond acceptors (Lipinski definition) is 2. The van der Waals surface area contributed by atoms with Crippen LogP contribution in [0.25, 0.3) is 0 Å². The van der Waals surface area contributed by atoms with Crippen LogP contribution in [0.2, 0.25) is 5.54 Å². The average molecular weight is 161 g/mol. The van der Waals surface area contributed by atoms with E-state index in [0.29, 0.717) is 11.5 Å². The standard InChI is InChI=1S/C7H19NOSi/c1-6(2)5-9-10-7(3)4-8/h6-7H,4-5,8,10H2,1-3H3. The van der Waals surface area contributed by atoms with Crippen LogP contribution in [-0.2, 0) is 4.43 Å². The number of hydrogen-bond donors (Lipinski definition) is 1. The van der Waals surface area contributed by atoms with Crippen LogP contribution >= 0.6 is 0 Å². The highest BCUT2D eigenvalue weighted by Crippen LogP contribution is 1.99. The zero-order valence-electron chi connectivity index (χ0n) is 7.26. The van der Waals surface area contributed by atoms with Gasteiger partial charge < -0.3 is 10.2 Å². The van der Waals surface area contributed by atoms with E-state index >= 15 is 0 Å². The summed E-state index contributed by atoms with van der Waals surface area (Å²) in [5.74, 6) is 0.664. The van der Waals surface area contributed by atoms with Crippen molar-refractivity contribution in [3.05, 3.63) is 0 Å². The zero-order valence-corrected chi connectivity index (χ0v) is 8.68. The van der Waals surface area contributed by atoms with Crippen molar-refractivity contribution in [2.24, 2.45) is 11.7 Å². The molecule has 0 saturated carbocycles. The highest BCUT2D eigenvalue weighted by atomic mass is 28.2. The molecule has 1 atom stereocenters. The largest absolute Gasteiger partial charge is 0.423 e. The Hall–Kier alpha value is 0.137. The quantitative estimate of drug-likeness (QED) is 0.596. The Balaban J connectivity index is 3.03. The van der Waals surface area contributed by atoms with Gasteiger partial charge in [-0.05, 0) is 18.0 Å². The molecule has 0 rings (SSSR count). The van der Waals surface area contributed by atoms with Crippen LogP contribution in [-0.4, -0.2) is 22.9 Å². The molecule has 2 N–H and O–H groups in total. The van der Waals surface area contributed by atoms with Gasteiger partial charge in [0.1, 0.15) is 0 Å². The summed E-state index contributed by atoms with van der Waals surface area (Å²) in [5, 5.41) is 0. The summed E-state index contributed by atoms with van der Waals surface area (Å²) >= 11 is 0. The third kappa shape index (κ3) is 6.26. The molecular formula is C7H19NOSi. The molecule has 0 aromatic carbocycles. The lowest BCUT2D eigenvalue weighted by molar-refractivity contribution is 0.280. The van der Waals surface area contributed by atoms with Gasteiger partial charge in [-0.15, -0.1) is 0 Å². The minimum atomic E-state index is -0.332. The Morgan fingerprint density at radius 1 is 1.40 bits per heavy atom. The van der Waals surface area contributed by atoms with E-state index < -0.39 is 0 Å². The fourth-order valence-corrected chi connectivity index (χ4v) is 1.72. The van der Waals surface area contributed by atoms with Gasteiger partial charge in [-0.1, -0.05) is 20.8 Å². The fraction of sp³-hybridized carbons (Fsp3) is 1.00. The molecule has 0 radical (unpaired) electrons. The molecular weight excluding hydrogens is 142 g/mol. The van der Waals surface area contributed by atoms with Gasteiger partial charge >= 0.3 is 0 Å². The first kappa shape index (κ1) is 10.1. The molecule has 0 aromatic heterocycles. The highest BCUT2D eigenvalue weighted by Gasteiger charge is 2.00. The molecule has 3 heteroatoms. The zero-order chi connectivity index (χ0) is 7.98. The van der Waals surface area contributed by atoms with E-state index in [0.717, 1.165) is 13.2 Å². The van der Waals surface area contributed by atoms with Crippen LogP contribution in [0.4, 0.5) is 0 Å². The predicted molar refractivity (Wildman–Crippen MR) is 47.8 cm³/mol. The molecule has 1 unspecified atom stereocenters. The maximum absolute atomic E-state index is 5.51. The maximum Gasteiger partial charge on any atom is 0.165 e. The molecule has 0 aliphatic rings. The molecule has 0 heterocycles. The molecule has 62 valence electrons. The van der Waals surface area contributed by atoms with Crippen LogP contribution in [0, 0.1) is 5.92 Å². The third-order valence-corrected chi connectivity index (χ3v) is 2.63. The molecule has 0 aromatic rings. The van der Waals surface area contributed by atoms with Gasteiger partial charge in [-0.2, -0.15) is 0 Å². The van der Waals surface area contributed by atoms with Crippen molar-refractivity contribution in [2.45, 2.75) is 26.3 Å². The molecule has 0 saturated heterocycles. The first-order valence-corrected chi connectivity index (χ1v) is 5.34. The van der Waals surface area contributed by atoms with Crippen LogP contribution in [0.1, 0.15) is 20.8 Å². The van der Waals surface area contributed by atoms with Gasteiger partial charge in [0.05, 0.1) is 0 Å². The Bertz CT molecular complexity index is 78.0. The van der Waals surface area contributed by atoms with Crippen molar-refractivity contribution in [1.82, 2.24) is 0 Å². The lowest BCUT2D eigenvalue weighted by Gasteiger charge is -2.09. The van der Waals surface area contributed by atoms with E-state index in [1.807, 2.05) is 0 Å². The van der Waals surface area contributed by atoms with Crippen molar-refractivity contribution in [1.29, 1.82) is 0 Å². The van der Waals surface area contributed by atoms with Crippen molar-refractivity contribution in [3.8, 4) is 0 Å². The molecule has 0 aliphatic carbocycles. The number of nitrogens with two attached hydrogens (primary N) is 1. The minimum Gasteiger partial charge on any atom is -0.423 e. The molecule has 0 spiro atoms. The monoisotopic (exact) mass is 161 g/mol. The van der Waals surface area contributed by atoms with Gasteiger partial charge in [0.15, 0.2) is 9.76 Å². The van der Waals surface area contributed by atoms with Gasteiger partial charge in [-0.3, -0.25) is 0 Å². The fourth-order valence-electron chi connectivity index (χ4n) is 0.573. The van der Waals surface area contributed by atoms with Crippen molar-refractivity contribution >= 4 is 9.76 Å². The maximum atomic E-state index is 5.51. The van der Waals surface area contributed by atoms with E-state index in [1.54, 1.807) is 0 Å². The van der Waals surface area contributed by atoms with Gasteiger partial charge in [0, 0.05) is 6.61 Å². The summed E-state index contributed by atoms with van der Waals surface area (Å²) < 4.78 is 5.51. The Labute approximate surface area is 66.1 Å². The van der Waals surface area contributed by atoms with Crippen molar-refractivity contribution in [3.63, 3.8) is 0 Å². The first-order chi connectivity index (χ1) is 4.66. The molecule has 0 aliphatic heterocycles. The van der Waals surface area contributed by atoms with Crippen molar-refractivity contribution < 1.29 is 4.43 Å². The molecule has 0 amide bonds. The SMILES string of the molecule is CC(C)CO[SiH2]C(C)CN. The highest BCUT2D eigenvalue weighted by molar-refractivity contribution is 6.29. The van der Waals surface area contributed by atoms with Crippen LogP contribution in [0.15, 0.2) is 0 Å². The van der Waals surface area contributed by atoms with E-state index in [2.05, 4.69) is 20.8 Å². The smallest absolute Gasteiger partial charge is 0.165 e. The summed E-state index contributed by atoms with van der Waals surface area (Å²) in [6.45, 7) is 8.19. The normalized spacial score (nSPS) is 15.3. The summed E-state index contributed by atoms with van der Waals surface area (Å²) in [7, 11) is -0.332. The average Bonchev–Trinajstić information content (AvgIpc) is 1.87. The minimum absolute atomic E-state index is 0.332. The first-order valence-electron chi connectivity index (χ1n) is 3.94. The second kappa shape index (κ2) is 5.89. The lowest BCUT2D eigenvalue weighted by atomic mass is 10.2. The molecule has 0 fully saturated rings. The number of rotatable bonds is 5. The Morgan fingerprint density at radius 3 is 2.40 bits per heavy atom. The topological polar surface area (TPSA) is 35.2 Å². The van der Waals surface area contributed by atoms with Crippen molar-refractivity contribution in [2.75, 3.05) is 13.2 Å². The summed E-state index contributed by atoms with van der Waals surface area (Å²) in [4.78, 5) is 0. The van der Waals surface area contributed by atoms with E-state index in [-0.39, 0.29) is 9.76 Å². The third-order valence-electron chi connectivity index (χ3n) is 1.26. The van der Waals surface area contributed by atoms with E-state index in [4.69, 9.17) is 10.2 Å². The predicted octanol–water partition coefficient (Wildman–Crippen LogP) is 0.510. The van der Waals surface area contributed by atoms with Gasteiger partial charge in [0.2, 0.25) is 0 Å². The van der Waals surface area contributed by atoms with Crippen LogP contribution < -0.4 is 5.73 Å². The second-order valence-corrected chi connectivity index (χ2v) is 5.41. The lowest BCUT2D eigenvalue weighted by Crippen LogP contribution is -2.16. The molecule has 10 heavy (non-hydrogen) atoms. The summed E-state index contributed by atoms with van der Waals surface area (Å²) in [6, 6.07) is 0. The Morgan fingerprint density at radius 2 is 2.00 bits per heavy atom. The summed E-state index contributed by atoms with van der Waals surface area (Å²) in [5.41, 5.74) is 6.08. The van der Waals surface area contributed by atoms with Crippen LogP contribution in [0.3, 0.4) is 0 Å². The molecule has 2 nitrogen and oxygen atoms in total. The second-order valence-electron chi connectivity index (χ2n) is 3.27. The van der Waals surface area contributed by atoms with Gasteiger partial charge in [0.25, 0.3) is 0 Å². The molecule has 0 bridgehead atoms.